The molecule has 0 fully saturated rings. The fourth-order valence-electron chi connectivity index (χ4n) is 1.53. The number of imidazole rings is 1. The lowest BCUT2D eigenvalue weighted by Gasteiger charge is -2.07. The molecule has 0 unspecified atom stereocenters. The molecule has 2 rings (SSSR count). The molecule has 92 valence electrons. The lowest BCUT2D eigenvalue weighted by Crippen LogP contribution is -2.26. The number of nitrogens with two attached hydrogens (primary N) is 1. The van der Waals surface area contributed by atoms with Crippen molar-refractivity contribution < 1.29 is 17.6 Å². The third-order valence-corrected chi connectivity index (χ3v) is 2.23. The highest BCUT2D eigenvalue weighted by Crippen LogP contribution is 2.22. The zero-order valence-electron chi connectivity index (χ0n) is 8.31. The molecular weight excluding hydrogens is 242 g/mol. The predicted molar refractivity (Wildman–Crippen MR) is 53.0 cm³/mol. The minimum absolute atomic E-state index is 0.0677. The number of nitrogens with zero attached hydrogens (tertiary/aromatic N) is 1. The Labute approximate surface area is 91.6 Å². The Balaban J connectivity index is 2.67. The smallest absolute Gasteiger partial charge is 0.396 e. The lowest BCUT2D eigenvalue weighted by molar-refractivity contribution is -0.140. The van der Waals surface area contributed by atoms with Gasteiger partial charge in [-0.3, -0.25) is 4.57 Å². The van der Waals surface area contributed by atoms with E-state index >= 15 is 0 Å². The molecule has 0 amide bonds. The van der Waals surface area contributed by atoms with Gasteiger partial charge in [0.25, 0.3) is 0 Å². The molecule has 0 radical (unpaired) electrons. The number of aromatic nitrogens is 2. The minimum atomic E-state index is -4.56. The average molecular weight is 249 g/mol. The normalized spacial score (nSPS) is 12.2. The summed E-state index contributed by atoms with van der Waals surface area (Å²) in [6, 6.07) is 1.88. The number of alkyl halides is 3. The van der Waals surface area contributed by atoms with Crippen LogP contribution in [-0.2, 0) is 6.54 Å². The minimum Gasteiger partial charge on any atom is -0.396 e. The van der Waals surface area contributed by atoms with Crippen molar-refractivity contribution in [1.82, 2.24) is 9.55 Å². The van der Waals surface area contributed by atoms with Crippen molar-refractivity contribution in [3.05, 3.63) is 28.4 Å². The van der Waals surface area contributed by atoms with E-state index in [-0.39, 0.29) is 16.7 Å². The van der Waals surface area contributed by atoms with E-state index in [9.17, 15) is 22.4 Å². The molecule has 17 heavy (non-hydrogen) atoms. The van der Waals surface area contributed by atoms with Crippen LogP contribution in [0, 0.1) is 5.82 Å². The standard InChI is InChI=1S/C9H7F4N3O/c10-4-1-7-6(2-5(4)14)15-8(17)16(7)3-9(11,12)13/h1-2H,3,14H2,(H,15,17). The summed E-state index contributed by atoms with van der Waals surface area (Å²) in [7, 11) is 0. The van der Waals surface area contributed by atoms with Gasteiger partial charge in [0.15, 0.2) is 0 Å². The molecule has 2 aromatic rings. The van der Waals surface area contributed by atoms with Crippen LogP contribution in [0.15, 0.2) is 16.9 Å². The molecule has 8 heteroatoms. The van der Waals surface area contributed by atoms with Gasteiger partial charge in [0, 0.05) is 6.07 Å². The highest BCUT2D eigenvalue weighted by Gasteiger charge is 2.29. The second-order valence-electron chi connectivity index (χ2n) is 3.52. The number of rotatable bonds is 1. The highest BCUT2D eigenvalue weighted by atomic mass is 19.4. The van der Waals surface area contributed by atoms with Crippen molar-refractivity contribution in [2.45, 2.75) is 12.7 Å². The first kappa shape index (κ1) is 11.5. The zero-order chi connectivity index (χ0) is 12.8. The average Bonchev–Trinajstić information content (AvgIpc) is 2.43. The van der Waals surface area contributed by atoms with Crippen LogP contribution in [0.5, 0.6) is 0 Å². The highest BCUT2D eigenvalue weighted by molar-refractivity contribution is 5.79. The summed E-state index contributed by atoms with van der Waals surface area (Å²) >= 11 is 0. The molecule has 0 spiro atoms. The van der Waals surface area contributed by atoms with E-state index in [1.54, 1.807) is 0 Å². The van der Waals surface area contributed by atoms with E-state index in [1.165, 1.54) is 0 Å². The summed E-state index contributed by atoms with van der Waals surface area (Å²) < 4.78 is 50.2. The van der Waals surface area contributed by atoms with Crippen molar-refractivity contribution in [2.75, 3.05) is 5.73 Å². The largest absolute Gasteiger partial charge is 0.406 e. The van der Waals surface area contributed by atoms with Crippen molar-refractivity contribution in [3.63, 3.8) is 0 Å². The van der Waals surface area contributed by atoms with Crippen LogP contribution in [0.2, 0.25) is 0 Å². The van der Waals surface area contributed by atoms with Gasteiger partial charge in [0.05, 0.1) is 16.7 Å². The number of hydrogen-bond acceptors (Lipinski definition) is 2. The van der Waals surface area contributed by atoms with Gasteiger partial charge in [0.2, 0.25) is 0 Å². The summed E-state index contributed by atoms with van der Waals surface area (Å²) in [6.45, 7) is -1.48. The number of hydrogen-bond donors (Lipinski definition) is 2. The second kappa shape index (κ2) is 3.51. The van der Waals surface area contributed by atoms with Gasteiger partial charge in [-0.15, -0.1) is 0 Å². The number of benzene rings is 1. The summed E-state index contributed by atoms with van der Waals surface area (Å²) in [5.74, 6) is -0.868. The van der Waals surface area contributed by atoms with E-state index in [4.69, 9.17) is 5.73 Å². The number of H-pyrrole nitrogens is 1. The van der Waals surface area contributed by atoms with E-state index in [1.807, 2.05) is 0 Å². The molecule has 4 nitrogen and oxygen atoms in total. The molecule has 1 aromatic heterocycles. The number of nitrogen functional groups attached to an aromatic ring is 1. The quantitative estimate of drug-likeness (QED) is 0.595. The maximum absolute atomic E-state index is 13.1. The van der Waals surface area contributed by atoms with Crippen LogP contribution < -0.4 is 11.4 Å². The Morgan fingerprint density at radius 3 is 2.59 bits per heavy atom. The number of halogens is 4. The Kier molecular flexibility index (Phi) is 2.37. The van der Waals surface area contributed by atoms with Crippen molar-refractivity contribution in [1.29, 1.82) is 0 Å². The van der Waals surface area contributed by atoms with Crippen molar-refractivity contribution in [3.8, 4) is 0 Å². The van der Waals surface area contributed by atoms with Crippen LogP contribution in [0.1, 0.15) is 0 Å². The van der Waals surface area contributed by atoms with Gasteiger partial charge in [0.1, 0.15) is 12.4 Å². The number of anilines is 1. The topological polar surface area (TPSA) is 63.8 Å². The first-order valence-electron chi connectivity index (χ1n) is 4.52. The molecule has 0 aliphatic heterocycles. The molecule has 0 saturated carbocycles. The summed E-state index contributed by atoms with van der Waals surface area (Å²) in [5, 5.41) is 0. The van der Waals surface area contributed by atoms with Gasteiger partial charge in [-0.2, -0.15) is 13.2 Å². The Bertz CT molecular complexity index is 625. The van der Waals surface area contributed by atoms with Gasteiger partial charge in [-0.05, 0) is 6.07 Å². The number of aromatic amines is 1. The SMILES string of the molecule is Nc1cc2[nH]c(=O)n(CC(F)(F)F)c2cc1F. The van der Waals surface area contributed by atoms with E-state index < -0.39 is 24.2 Å². The summed E-state index contributed by atoms with van der Waals surface area (Å²) in [4.78, 5) is 13.5. The maximum atomic E-state index is 13.1. The number of nitrogens with one attached hydrogen (secondary N) is 1. The molecule has 0 bridgehead atoms. The van der Waals surface area contributed by atoms with Crippen LogP contribution >= 0.6 is 0 Å². The van der Waals surface area contributed by atoms with Crippen LogP contribution in [0.3, 0.4) is 0 Å². The summed E-state index contributed by atoms with van der Waals surface area (Å²) in [6.07, 6.45) is -4.56. The third kappa shape index (κ3) is 2.10. The molecule has 1 heterocycles. The summed E-state index contributed by atoms with van der Waals surface area (Å²) in [5.41, 5.74) is 3.95. The molecular formula is C9H7F4N3O. The molecule has 0 atom stereocenters. The van der Waals surface area contributed by atoms with Crippen molar-refractivity contribution in [2.24, 2.45) is 0 Å². The second-order valence-corrected chi connectivity index (χ2v) is 3.52. The Morgan fingerprint density at radius 1 is 1.35 bits per heavy atom. The van der Waals surface area contributed by atoms with Gasteiger partial charge in [-0.1, -0.05) is 0 Å². The zero-order valence-corrected chi connectivity index (χ0v) is 8.31. The third-order valence-electron chi connectivity index (χ3n) is 2.23. The monoisotopic (exact) mass is 249 g/mol. The Morgan fingerprint density at radius 2 is 2.00 bits per heavy atom. The first-order chi connectivity index (χ1) is 7.78. The fourth-order valence-corrected chi connectivity index (χ4v) is 1.53. The van der Waals surface area contributed by atoms with Crippen LogP contribution in [0.4, 0.5) is 23.2 Å². The predicted octanol–water partition coefficient (Wildman–Crippen LogP) is 1.61. The van der Waals surface area contributed by atoms with Gasteiger partial charge >= 0.3 is 11.9 Å². The molecule has 0 aliphatic rings. The van der Waals surface area contributed by atoms with Crippen molar-refractivity contribution >= 4 is 16.7 Å². The van der Waals surface area contributed by atoms with Gasteiger partial charge in [-0.25, -0.2) is 9.18 Å². The van der Waals surface area contributed by atoms with Crippen LogP contribution in [0.25, 0.3) is 11.0 Å². The number of fused-ring (bicyclic) bond motifs is 1. The molecule has 0 saturated heterocycles. The Hall–Kier alpha value is -1.99. The van der Waals surface area contributed by atoms with E-state index in [2.05, 4.69) is 4.98 Å². The fraction of sp³-hybridized carbons (Fsp3) is 0.222. The molecule has 0 aliphatic carbocycles. The first-order valence-corrected chi connectivity index (χ1v) is 4.52. The van der Waals surface area contributed by atoms with E-state index in [0.29, 0.717) is 4.57 Å². The van der Waals surface area contributed by atoms with Crippen LogP contribution in [-0.4, -0.2) is 15.7 Å². The maximum Gasteiger partial charge on any atom is 0.406 e. The van der Waals surface area contributed by atoms with E-state index in [0.717, 1.165) is 12.1 Å². The molecule has 1 aromatic carbocycles. The van der Waals surface area contributed by atoms with Gasteiger partial charge < -0.3 is 10.7 Å². The lowest BCUT2D eigenvalue weighted by atomic mass is 10.2. The molecule has 3 N–H and O–H groups in total.